The number of carbonyl (C=O) groups excluding carboxylic acids is 1. The summed E-state index contributed by atoms with van der Waals surface area (Å²) in [6, 6.07) is 2.73. The van der Waals surface area contributed by atoms with Crippen LogP contribution in [-0.2, 0) is 4.79 Å². The van der Waals surface area contributed by atoms with Crippen LogP contribution in [0.3, 0.4) is 0 Å². The van der Waals surface area contributed by atoms with Gasteiger partial charge in [-0.2, -0.15) is 0 Å². The van der Waals surface area contributed by atoms with Gasteiger partial charge in [0.15, 0.2) is 0 Å². The van der Waals surface area contributed by atoms with E-state index in [0.717, 1.165) is 0 Å². The highest BCUT2D eigenvalue weighted by Crippen LogP contribution is 2.33. The lowest BCUT2D eigenvalue weighted by Crippen LogP contribution is -2.25. The van der Waals surface area contributed by atoms with Gasteiger partial charge in [0, 0.05) is 22.3 Å². The Balaban J connectivity index is 2.41. The zero-order valence-corrected chi connectivity index (χ0v) is 11.9. The highest BCUT2D eigenvalue weighted by atomic mass is 79.9. The summed E-state index contributed by atoms with van der Waals surface area (Å²) in [6.07, 6.45) is 0.382. The van der Waals surface area contributed by atoms with Crippen molar-refractivity contribution in [1.29, 1.82) is 0 Å². The lowest BCUT2D eigenvalue weighted by Gasteiger charge is -2.17. The van der Waals surface area contributed by atoms with Crippen molar-refractivity contribution in [3.05, 3.63) is 27.4 Å². The van der Waals surface area contributed by atoms with Crippen LogP contribution in [0.5, 0.6) is 0 Å². The average Bonchev–Trinajstić information content (AvgIpc) is 2.51. The fourth-order valence-corrected chi connectivity index (χ4v) is 2.66. The molecule has 1 fully saturated rings. The second-order valence-electron chi connectivity index (χ2n) is 3.52. The number of hydrogen-bond acceptors (Lipinski definition) is 1. The molecule has 1 heterocycles. The molecule has 0 saturated carbocycles. The smallest absolute Gasteiger partial charge is 0.228 e. The molecule has 1 aliphatic rings. The first-order chi connectivity index (χ1) is 7.49. The molecular formula is C10H7Br2ClFNO. The van der Waals surface area contributed by atoms with Crippen molar-refractivity contribution in [1.82, 2.24) is 0 Å². The maximum atomic E-state index is 13.7. The summed E-state index contributed by atoms with van der Waals surface area (Å²) in [7, 11) is 0. The van der Waals surface area contributed by atoms with Crippen molar-refractivity contribution in [2.24, 2.45) is 0 Å². The first-order valence-electron chi connectivity index (χ1n) is 4.58. The van der Waals surface area contributed by atoms with Crippen LogP contribution in [0.2, 0.25) is 5.02 Å². The van der Waals surface area contributed by atoms with Crippen LogP contribution in [-0.4, -0.2) is 17.3 Å². The van der Waals surface area contributed by atoms with Crippen molar-refractivity contribution in [3.8, 4) is 0 Å². The lowest BCUT2D eigenvalue weighted by atomic mass is 10.3. The number of rotatable bonds is 1. The lowest BCUT2D eigenvalue weighted by molar-refractivity contribution is -0.117. The number of carbonyl (C=O) groups is 1. The van der Waals surface area contributed by atoms with Gasteiger partial charge in [0.2, 0.25) is 5.91 Å². The van der Waals surface area contributed by atoms with Crippen LogP contribution < -0.4 is 4.90 Å². The molecule has 1 unspecified atom stereocenters. The second kappa shape index (κ2) is 4.63. The highest BCUT2D eigenvalue weighted by Gasteiger charge is 2.30. The third-order valence-electron chi connectivity index (χ3n) is 2.36. The summed E-state index contributed by atoms with van der Waals surface area (Å²) in [5, 5.41) is 0.391. The molecule has 16 heavy (non-hydrogen) atoms. The fraction of sp³-hybridized carbons (Fsp3) is 0.300. The van der Waals surface area contributed by atoms with E-state index >= 15 is 0 Å². The van der Waals surface area contributed by atoms with Gasteiger partial charge in [-0.15, -0.1) is 0 Å². The maximum Gasteiger partial charge on any atom is 0.228 e. The molecule has 0 aromatic heterocycles. The van der Waals surface area contributed by atoms with Crippen molar-refractivity contribution >= 4 is 55.1 Å². The summed E-state index contributed by atoms with van der Waals surface area (Å²) in [6.45, 7) is 0.466. The average molecular weight is 371 g/mol. The van der Waals surface area contributed by atoms with Crippen molar-refractivity contribution in [2.75, 3.05) is 11.4 Å². The highest BCUT2D eigenvalue weighted by molar-refractivity contribution is 9.10. The summed E-state index contributed by atoms with van der Waals surface area (Å²) in [5.41, 5.74) is 0.236. The van der Waals surface area contributed by atoms with E-state index < -0.39 is 5.82 Å². The molecule has 86 valence electrons. The van der Waals surface area contributed by atoms with E-state index in [1.807, 2.05) is 0 Å². The molecule has 1 amide bonds. The molecule has 0 aliphatic carbocycles. The van der Waals surface area contributed by atoms with E-state index in [-0.39, 0.29) is 16.4 Å². The summed E-state index contributed by atoms with van der Waals surface area (Å²) in [4.78, 5) is 13.1. The summed E-state index contributed by atoms with van der Waals surface area (Å²) < 4.78 is 14.2. The number of hydrogen-bond donors (Lipinski definition) is 0. The minimum Gasteiger partial charge on any atom is -0.308 e. The van der Waals surface area contributed by atoms with E-state index in [1.165, 1.54) is 17.0 Å². The predicted octanol–water partition coefficient (Wildman–Crippen LogP) is 3.74. The molecule has 1 saturated heterocycles. The Morgan fingerprint density at radius 3 is 2.75 bits per heavy atom. The summed E-state index contributed by atoms with van der Waals surface area (Å²) in [5.74, 6) is -0.551. The van der Waals surface area contributed by atoms with Crippen LogP contribution in [0.1, 0.15) is 6.42 Å². The topological polar surface area (TPSA) is 20.3 Å². The van der Waals surface area contributed by atoms with Gasteiger partial charge in [-0.3, -0.25) is 4.79 Å². The van der Waals surface area contributed by atoms with Gasteiger partial charge in [-0.1, -0.05) is 27.5 Å². The molecule has 0 N–H and O–H groups in total. The summed E-state index contributed by atoms with van der Waals surface area (Å²) >= 11 is 12.4. The molecule has 2 nitrogen and oxygen atoms in total. The number of amides is 1. The third-order valence-corrected chi connectivity index (χ3v) is 4.17. The number of benzene rings is 1. The van der Waals surface area contributed by atoms with E-state index in [0.29, 0.717) is 22.5 Å². The number of nitrogens with zero attached hydrogens (tertiary/aromatic N) is 1. The van der Waals surface area contributed by atoms with Crippen LogP contribution in [0, 0.1) is 5.82 Å². The van der Waals surface area contributed by atoms with Gasteiger partial charge in [0.1, 0.15) is 5.82 Å². The van der Waals surface area contributed by atoms with Gasteiger partial charge in [0.25, 0.3) is 0 Å². The molecule has 0 spiro atoms. The van der Waals surface area contributed by atoms with Crippen molar-refractivity contribution in [2.45, 2.75) is 11.2 Å². The van der Waals surface area contributed by atoms with Crippen LogP contribution >= 0.6 is 43.5 Å². The molecule has 1 atom stereocenters. The first kappa shape index (κ1) is 12.3. The minimum absolute atomic E-state index is 0.0711. The minimum atomic E-state index is -0.453. The molecule has 0 bridgehead atoms. The van der Waals surface area contributed by atoms with Crippen LogP contribution in [0.4, 0.5) is 10.1 Å². The van der Waals surface area contributed by atoms with Gasteiger partial charge >= 0.3 is 0 Å². The predicted molar refractivity (Wildman–Crippen MR) is 68.8 cm³/mol. The second-order valence-corrected chi connectivity index (χ2v) is 6.08. The largest absolute Gasteiger partial charge is 0.308 e. The molecule has 2 rings (SSSR count). The molecule has 1 aromatic rings. The Kier molecular flexibility index (Phi) is 3.56. The third kappa shape index (κ3) is 2.26. The van der Waals surface area contributed by atoms with Crippen LogP contribution in [0.15, 0.2) is 16.6 Å². The van der Waals surface area contributed by atoms with Crippen LogP contribution in [0.25, 0.3) is 0 Å². The Labute approximate surface area is 114 Å². The van der Waals surface area contributed by atoms with E-state index in [1.54, 1.807) is 0 Å². The number of alkyl halides is 1. The SMILES string of the molecule is O=C1CC(Br)CN1c1cc(Cl)c(Br)cc1F. The van der Waals surface area contributed by atoms with E-state index in [9.17, 15) is 9.18 Å². The maximum absolute atomic E-state index is 13.7. The Morgan fingerprint density at radius 1 is 1.50 bits per heavy atom. The first-order valence-corrected chi connectivity index (χ1v) is 6.66. The zero-order valence-electron chi connectivity index (χ0n) is 8.01. The molecule has 0 radical (unpaired) electrons. The standard InChI is InChI=1S/C10H7Br2ClFNO/c11-5-1-10(16)15(4-5)9-3-7(13)6(12)2-8(9)14/h2-3,5H,1,4H2. The Bertz CT molecular complexity index is 455. The van der Waals surface area contributed by atoms with E-state index in [2.05, 4.69) is 31.9 Å². The molecule has 6 heteroatoms. The van der Waals surface area contributed by atoms with Gasteiger partial charge in [-0.25, -0.2) is 4.39 Å². The number of halogens is 4. The monoisotopic (exact) mass is 369 g/mol. The molecule has 1 aliphatic heterocycles. The van der Waals surface area contributed by atoms with Crippen molar-refractivity contribution < 1.29 is 9.18 Å². The molecular weight excluding hydrogens is 364 g/mol. The number of anilines is 1. The van der Waals surface area contributed by atoms with Gasteiger partial charge in [0.05, 0.1) is 10.7 Å². The van der Waals surface area contributed by atoms with Gasteiger partial charge < -0.3 is 4.90 Å². The van der Waals surface area contributed by atoms with Crippen molar-refractivity contribution in [3.63, 3.8) is 0 Å². The van der Waals surface area contributed by atoms with E-state index in [4.69, 9.17) is 11.6 Å². The normalized spacial score (nSPS) is 20.6. The fourth-order valence-electron chi connectivity index (χ4n) is 1.62. The Hall–Kier alpha value is -0.130. The van der Waals surface area contributed by atoms with Gasteiger partial charge in [-0.05, 0) is 28.1 Å². The zero-order chi connectivity index (χ0) is 11.9. The Morgan fingerprint density at radius 2 is 2.19 bits per heavy atom. The quantitative estimate of drug-likeness (QED) is 0.544. The molecule has 1 aromatic carbocycles.